The fraction of sp³-hybridized carbons (Fsp3) is 0.133. The number of nitro groups is 1. The molecule has 0 heterocycles. The van der Waals surface area contributed by atoms with Crippen LogP contribution in [0.2, 0.25) is 0 Å². The molecule has 0 fully saturated rings. The Morgan fingerprint density at radius 2 is 1.83 bits per heavy atom. The summed E-state index contributed by atoms with van der Waals surface area (Å²) in [5.74, 6) is -0.171. The van der Waals surface area contributed by atoms with Crippen molar-refractivity contribution in [1.29, 1.82) is 0 Å². The van der Waals surface area contributed by atoms with Crippen LogP contribution in [0.4, 0.5) is 11.4 Å². The Labute approximate surface area is 145 Å². The molecular formula is C15H13IN2O5. The predicted octanol–water partition coefficient (Wildman–Crippen LogP) is 3.47. The molecule has 0 bridgehead atoms. The SMILES string of the molecule is COc1cc(C(=O)Nc2cccc(I)c2)c([N+](=O)[O-])cc1OC. The Morgan fingerprint density at radius 1 is 1.17 bits per heavy atom. The smallest absolute Gasteiger partial charge is 0.286 e. The van der Waals surface area contributed by atoms with Crippen molar-refractivity contribution in [2.45, 2.75) is 0 Å². The molecule has 2 aromatic carbocycles. The number of hydrogen-bond donors (Lipinski definition) is 1. The molecule has 0 spiro atoms. The molecule has 8 heteroatoms. The number of ether oxygens (including phenoxy) is 2. The number of hydrogen-bond acceptors (Lipinski definition) is 5. The van der Waals surface area contributed by atoms with E-state index in [1.54, 1.807) is 18.2 Å². The highest BCUT2D eigenvalue weighted by Gasteiger charge is 2.24. The van der Waals surface area contributed by atoms with E-state index in [9.17, 15) is 14.9 Å². The molecular weight excluding hydrogens is 415 g/mol. The van der Waals surface area contributed by atoms with Gasteiger partial charge in [0.15, 0.2) is 11.5 Å². The lowest BCUT2D eigenvalue weighted by atomic mass is 10.1. The highest BCUT2D eigenvalue weighted by molar-refractivity contribution is 14.1. The standard InChI is InChI=1S/C15H13IN2O5/c1-22-13-7-11(12(18(20)21)8-14(13)23-2)15(19)17-10-5-3-4-9(16)6-10/h3-8H,1-2H3,(H,17,19). The van der Waals surface area contributed by atoms with E-state index in [-0.39, 0.29) is 22.7 Å². The van der Waals surface area contributed by atoms with Gasteiger partial charge in [0.05, 0.1) is 25.2 Å². The van der Waals surface area contributed by atoms with Crippen LogP contribution in [-0.4, -0.2) is 25.1 Å². The molecule has 0 radical (unpaired) electrons. The van der Waals surface area contributed by atoms with Gasteiger partial charge in [0, 0.05) is 15.3 Å². The first-order chi connectivity index (χ1) is 11.0. The van der Waals surface area contributed by atoms with E-state index >= 15 is 0 Å². The average molecular weight is 428 g/mol. The van der Waals surface area contributed by atoms with Crippen molar-refractivity contribution >= 4 is 39.9 Å². The van der Waals surface area contributed by atoms with Gasteiger partial charge in [0.25, 0.3) is 11.6 Å². The van der Waals surface area contributed by atoms with Crippen LogP contribution in [0.1, 0.15) is 10.4 Å². The highest BCUT2D eigenvalue weighted by atomic mass is 127. The normalized spacial score (nSPS) is 10.0. The van der Waals surface area contributed by atoms with E-state index in [0.717, 1.165) is 3.57 Å². The average Bonchev–Trinajstić information content (AvgIpc) is 2.53. The quantitative estimate of drug-likeness (QED) is 0.448. The van der Waals surface area contributed by atoms with E-state index in [1.165, 1.54) is 26.4 Å². The number of nitro benzene ring substituents is 1. The molecule has 7 nitrogen and oxygen atoms in total. The zero-order valence-corrected chi connectivity index (χ0v) is 14.5. The summed E-state index contributed by atoms with van der Waals surface area (Å²) in [5.41, 5.74) is 0.0864. The maximum Gasteiger partial charge on any atom is 0.286 e. The second kappa shape index (κ2) is 7.27. The molecule has 0 atom stereocenters. The van der Waals surface area contributed by atoms with Crippen molar-refractivity contribution in [2.24, 2.45) is 0 Å². The van der Waals surface area contributed by atoms with Crippen molar-refractivity contribution < 1.29 is 19.2 Å². The van der Waals surface area contributed by atoms with E-state index in [1.807, 2.05) is 6.07 Å². The van der Waals surface area contributed by atoms with Gasteiger partial charge >= 0.3 is 0 Å². The van der Waals surface area contributed by atoms with Crippen LogP contribution in [0.3, 0.4) is 0 Å². The molecule has 2 aromatic rings. The van der Waals surface area contributed by atoms with Gasteiger partial charge in [-0.05, 0) is 40.8 Å². The Morgan fingerprint density at radius 3 is 2.39 bits per heavy atom. The second-order valence-corrected chi connectivity index (χ2v) is 5.69. The summed E-state index contributed by atoms with van der Waals surface area (Å²) in [6.07, 6.45) is 0. The van der Waals surface area contributed by atoms with Crippen molar-refractivity contribution in [1.82, 2.24) is 0 Å². The van der Waals surface area contributed by atoms with Crippen molar-refractivity contribution in [3.8, 4) is 11.5 Å². The zero-order valence-electron chi connectivity index (χ0n) is 12.3. The number of halogens is 1. The van der Waals surface area contributed by atoms with E-state index in [0.29, 0.717) is 5.69 Å². The summed E-state index contributed by atoms with van der Waals surface area (Å²) in [5, 5.41) is 13.9. The molecule has 2 rings (SSSR count). The van der Waals surface area contributed by atoms with Crippen molar-refractivity contribution in [3.05, 3.63) is 55.6 Å². The highest BCUT2D eigenvalue weighted by Crippen LogP contribution is 2.34. The number of methoxy groups -OCH3 is 2. The van der Waals surface area contributed by atoms with Crippen LogP contribution < -0.4 is 14.8 Å². The predicted molar refractivity (Wildman–Crippen MR) is 93.3 cm³/mol. The van der Waals surface area contributed by atoms with Gasteiger partial charge in [-0.15, -0.1) is 0 Å². The van der Waals surface area contributed by atoms with E-state index in [2.05, 4.69) is 27.9 Å². The third kappa shape index (κ3) is 3.89. The largest absolute Gasteiger partial charge is 0.493 e. The topological polar surface area (TPSA) is 90.7 Å². The first-order valence-corrected chi connectivity index (χ1v) is 7.51. The van der Waals surface area contributed by atoms with Crippen LogP contribution in [0.15, 0.2) is 36.4 Å². The molecule has 1 N–H and O–H groups in total. The Bertz CT molecular complexity index is 764. The minimum atomic E-state index is -0.633. The third-order valence-corrected chi connectivity index (χ3v) is 3.70. The van der Waals surface area contributed by atoms with Crippen LogP contribution in [0.5, 0.6) is 11.5 Å². The fourth-order valence-electron chi connectivity index (χ4n) is 1.97. The molecule has 120 valence electrons. The minimum Gasteiger partial charge on any atom is -0.493 e. The maximum absolute atomic E-state index is 12.4. The lowest BCUT2D eigenvalue weighted by Crippen LogP contribution is -2.14. The molecule has 0 aliphatic rings. The van der Waals surface area contributed by atoms with E-state index < -0.39 is 10.8 Å². The number of carbonyl (C=O) groups is 1. The molecule has 0 saturated heterocycles. The van der Waals surface area contributed by atoms with Gasteiger partial charge < -0.3 is 14.8 Å². The van der Waals surface area contributed by atoms with Crippen LogP contribution in [-0.2, 0) is 0 Å². The zero-order chi connectivity index (χ0) is 17.0. The van der Waals surface area contributed by atoms with Gasteiger partial charge in [-0.1, -0.05) is 6.07 Å². The van der Waals surface area contributed by atoms with Gasteiger partial charge in [0.1, 0.15) is 5.56 Å². The molecule has 0 aliphatic heterocycles. The minimum absolute atomic E-state index is 0.105. The summed E-state index contributed by atoms with van der Waals surface area (Å²) in [6, 6.07) is 9.57. The number of amides is 1. The number of carbonyl (C=O) groups excluding carboxylic acids is 1. The number of anilines is 1. The van der Waals surface area contributed by atoms with Crippen LogP contribution in [0.25, 0.3) is 0 Å². The molecule has 0 aliphatic carbocycles. The monoisotopic (exact) mass is 428 g/mol. The number of rotatable bonds is 5. The molecule has 23 heavy (non-hydrogen) atoms. The van der Waals surface area contributed by atoms with Gasteiger partial charge in [0.2, 0.25) is 0 Å². The number of nitrogens with one attached hydrogen (secondary N) is 1. The molecule has 0 aromatic heterocycles. The lowest BCUT2D eigenvalue weighted by Gasteiger charge is -2.11. The Hall–Kier alpha value is -2.36. The first-order valence-electron chi connectivity index (χ1n) is 6.43. The summed E-state index contributed by atoms with van der Waals surface area (Å²) in [4.78, 5) is 23.0. The molecule has 0 saturated carbocycles. The van der Waals surface area contributed by atoms with Gasteiger partial charge in [-0.2, -0.15) is 0 Å². The van der Waals surface area contributed by atoms with Gasteiger partial charge in [-0.3, -0.25) is 14.9 Å². The van der Waals surface area contributed by atoms with Crippen molar-refractivity contribution in [2.75, 3.05) is 19.5 Å². The lowest BCUT2D eigenvalue weighted by molar-refractivity contribution is -0.385. The summed E-state index contributed by atoms with van der Waals surface area (Å²) in [6.45, 7) is 0. The maximum atomic E-state index is 12.4. The second-order valence-electron chi connectivity index (χ2n) is 4.45. The van der Waals surface area contributed by atoms with Crippen molar-refractivity contribution in [3.63, 3.8) is 0 Å². The van der Waals surface area contributed by atoms with Crippen LogP contribution in [0, 0.1) is 13.7 Å². The van der Waals surface area contributed by atoms with E-state index in [4.69, 9.17) is 9.47 Å². The molecule has 0 unspecified atom stereocenters. The summed E-state index contributed by atoms with van der Waals surface area (Å²) in [7, 11) is 2.76. The summed E-state index contributed by atoms with van der Waals surface area (Å²) < 4.78 is 11.1. The third-order valence-electron chi connectivity index (χ3n) is 3.03. The van der Waals surface area contributed by atoms with Gasteiger partial charge in [-0.25, -0.2) is 0 Å². The Balaban J connectivity index is 2.44. The first kappa shape index (κ1) is 17.0. The molecule has 1 amide bonds. The summed E-state index contributed by atoms with van der Waals surface area (Å²) >= 11 is 2.11. The van der Waals surface area contributed by atoms with Crippen LogP contribution >= 0.6 is 22.6 Å². The number of benzene rings is 2. The Kier molecular flexibility index (Phi) is 5.37. The number of nitrogens with zero attached hydrogens (tertiary/aromatic N) is 1. The fourth-order valence-corrected chi connectivity index (χ4v) is 2.51.